The molecule has 144 valence electrons. The summed E-state index contributed by atoms with van der Waals surface area (Å²) in [5.74, 6) is 1.66. The molecule has 1 aliphatic heterocycles. The van der Waals surface area contributed by atoms with Gasteiger partial charge >= 0.3 is 0 Å². The van der Waals surface area contributed by atoms with Gasteiger partial charge in [0.2, 0.25) is 5.91 Å². The van der Waals surface area contributed by atoms with Crippen LogP contribution in [-0.2, 0) is 4.79 Å². The maximum atomic E-state index is 12.2. The van der Waals surface area contributed by atoms with Crippen molar-refractivity contribution in [2.75, 3.05) is 25.4 Å². The van der Waals surface area contributed by atoms with Gasteiger partial charge in [-0.1, -0.05) is 13.8 Å². The van der Waals surface area contributed by atoms with Crippen LogP contribution in [0.25, 0.3) is 0 Å². The van der Waals surface area contributed by atoms with Crippen LogP contribution in [0.3, 0.4) is 0 Å². The van der Waals surface area contributed by atoms with E-state index >= 15 is 0 Å². The van der Waals surface area contributed by atoms with E-state index in [0.29, 0.717) is 24.1 Å². The summed E-state index contributed by atoms with van der Waals surface area (Å²) in [7, 11) is 0. The zero-order valence-electron chi connectivity index (χ0n) is 16.0. The lowest BCUT2D eigenvalue weighted by Gasteiger charge is -2.45. The minimum atomic E-state index is -0.425. The van der Waals surface area contributed by atoms with E-state index in [9.17, 15) is 14.9 Å². The Morgan fingerprint density at radius 3 is 2.38 bits per heavy atom. The van der Waals surface area contributed by atoms with E-state index in [1.165, 1.54) is 30.3 Å². The molecule has 0 saturated carbocycles. The molecule has 0 radical (unpaired) electrons. The van der Waals surface area contributed by atoms with Gasteiger partial charge in [0.15, 0.2) is 0 Å². The summed E-state index contributed by atoms with van der Waals surface area (Å²) in [4.78, 5) is 25.8. The van der Waals surface area contributed by atoms with Gasteiger partial charge in [-0.15, -0.1) is 11.8 Å². The van der Waals surface area contributed by atoms with Gasteiger partial charge in [-0.2, -0.15) is 0 Å². The lowest BCUT2D eigenvalue weighted by atomic mass is 9.88. The van der Waals surface area contributed by atoms with Crippen molar-refractivity contribution in [3.05, 3.63) is 34.4 Å². The fourth-order valence-corrected chi connectivity index (χ4v) is 4.18. The predicted octanol–water partition coefficient (Wildman–Crippen LogP) is 3.56. The molecule has 1 amide bonds. The zero-order valence-corrected chi connectivity index (χ0v) is 16.8. The summed E-state index contributed by atoms with van der Waals surface area (Å²) < 4.78 is 0. The molecular weight excluding hydrogens is 350 g/mol. The molecular formula is C19H29N3O3S. The molecule has 1 aliphatic rings. The first-order valence-electron chi connectivity index (χ1n) is 9.06. The Kier molecular flexibility index (Phi) is 7.06. The van der Waals surface area contributed by atoms with Crippen molar-refractivity contribution in [3.63, 3.8) is 0 Å². The number of amides is 1. The molecule has 7 heteroatoms. The number of nitro benzene ring substituents is 1. The molecule has 26 heavy (non-hydrogen) atoms. The molecule has 0 aliphatic carbocycles. The third kappa shape index (κ3) is 5.99. The fraction of sp³-hybridized carbons (Fsp3) is 0.632. The maximum Gasteiger partial charge on any atom is 0.269 e. The second-order valence-corrected chi connectivity index (χ2v) is 9.03. The Hall–Kier alpha value is -1.60. The monoisotopic (exact) mass is 379 g/mol. The predicted molar refractivity (Wildman–Crippen MR) is 105 cm³/mol. The molecule has 1 N–H and O–H groups in total. The molecule has 6 nitrogen and oxygen atoms in total. The van der Waals surface area contributed by atoms with Gasteiger partial charge in [0.1, 0.15) is 0 Å². The van der Waals surface area contributed by atoms with Gasteiger partial charge in [-0.05, 0) is 44.2 Å². The van der Waals surface area contributed by atoms with E-state index in [4.69, 9.17) is 0 Å². The van der Waals surface area contributed by atoms with E-state index in [0.717, 1.165) is 18.0 Å². The van der Waals surface area contributed by atoms with E-state index in [1.807, 2.05) is 0 Å². The third-order valence-electron chi connectivity index (χ3n) is 4.86. The van der Waals surface area contributed by atoms with Crippen LogP contribution in [0.4, 0.5) is 5.69 Å². The molecule has 2 rings (SSSR count). The van der Waals surface area contributed by atoms with Gasteiger partial charge in [0.05, 0.1) is 10.7 Å². The maximum absolute atomic E-state index is 12.2. The first-order valence-corrected chi connectivity index (χ1v) is 10.0. The second-order valence-electron chi connectivity index (χ2n) is 7.98. The molecule has 1 heterocycles. The minimum Gasteiger partial charge on any atom is -0.354 e. The molecule has 0 aromatic heterocycles. The quantitative estimate of drug-likeness (QED) is 0.445. The number of benzene rings is 1. The number of likely N-dealkylation sites (tertiary alicyclic amines) is 1. The fourth-order valence-electron chi connectivity index (χ4n) is 3.45. The van der Waals surface area contributed by atoms with Crippen molar-refractivity contribution < 1.29 is 9.72 Å². The zero-order chi connectivity index (χ0) is 19.3. The highest BCUT2D eigenvalue weighted by Gasteiger charge is 2.32. The first-order chi connectivity index (χ1) is 12.2. The van der Waals surface area contributed by atoms with Crippen LogP contribution in [0.2, 0.25) is 0 Å². The summed E-state index contributed by atoms with van der Waals surface area (Å²) in [6, 6.07) is 6.27. The Morgan fingerprint density at radius 1 is 1.27 bits per heavy atom. The van der Waals surface area contributed by atoms with Crippen LogP contribution >= 0.6 is 11.8 Å². The van der Waals surface area contributed by atoms with Crippen LogP contribution in [0, 0.1) is 22.0 Å². The van der Waals surface area contributed by atoms with E-state index in [-0.39, 0.29) is 17.1 Å². The van der Waals surface area contributed by atoms with Crippen LogP contribution in [0.15, 0.2) is 29.2 Å². The van der Waals surface area contributed by atoms with E-state index in [1.54, 1.807) is 12.1 Å². The summed E-state index contributed by atoms with van der Waals surface area (Å²) in [6.45, 7) is 11.7. The van der Waals surface area contributed by atoms with Crippen molar-refractivity contribution in [1.82, 2.24) is 10.2 Å². The van der Waals surface area contributed by atoms with Crippen LogP contribution in [0.5, 0.6) is 0 Å². The van der Waals surface area contributed by atoms with Crippen LogP contribution < -0.4 is 5.32 Å². The highest BCUT2D eigenvalue weighted by atomic mass is 32.2. The van der Waals surface area contributed by atoms with Gasteiger partial charge < -0.3 is 5.32 Å². The van der Waals surface area contributed by atoms with Crippen molar-refractivity contribution >= 4 is 23.4 Å². The van der Waals surface area contributed by atoms with Gasteiger partial charge in [-0.3, -0.25) is 19.8 Å². The number of non-ortho nitro benzene ring substituents is 1. The highest BCUT2D eigenvalue weighted by molar-refractivity contribution is 8.00. The summed E-state index contributed by atoms with van der Waals surface area (Å²) in [6.07, 6.45) is 1.27. The standard InChI is InChI=1S/C19H29N3O3S/c1-14-9-15(2)11-21(10-14)19(3,4)13-20-18(23)12-26-17-7-5-16(6-8-17)22(24)25/h5-8,14-15H,9-13H2,1-4H3,(H,20,23). The number of thioether (sulfide) groups is 1. The number of carbonyl (C=O) groups excluding carboxylic acids is 1. The Morgan fingerprint density at radius 2 is 1.85 bits per heavy atom. The summed E-state index contributed by atoms with van der Waals surface area (Å²) >= 11 is 1.39. The lowest BCUT2D eigenvalue weighted by molar-refractivity contribution is -0.384. The number of rotatable bonds is 7. The Bertz CT molecular complexity index is 623. The minimum absolute atomic E-state index is 0.0143. The molecule has 1 aromatic carbocycles. The molecule has 1 fully saturated rings. The number of nitrogens with zero attached hydrogens (tertiary/aromatic N) is 2. The topological polar surface area (TPSA) is 75.5 Å². The molecule has 2 atom stereocenters. The number of carbonyl (C=O) groups is 1. The second kappa shape index (κ2) is 8.86. The average Bonchev–Trinajstić information content (AvgIpc) is 2.57. The average molecular weight is 380 g/mol. The lowest BCUT2D eigenvalue weighted by Crippen LogP contribution is -2.56. The number of hydrogen-bond acceptors (Lipinski definition) is 5. The number of hydrogen-bond donors (Lipinski definition) is 1. The first kappa shape index (κ1) is 20.7. The van der Waals surface area contributed by atoms with Crippen LogP contribution in [0.1, 0.15) is 34.1 Å². The normalized spacial score (nSPS) is 21.4. The molecule has 0 bridgehead atoms. The van der Waals surface area contributed by atoms with Gasteiger partial charge in [-0.25, -0.2) is 0 Å². The SMILES string of the molecule is CC1CC(C)CN(C(C)(C)CNC(=O)CSc2ccc([N+](=O)[O-])cc2)C1. The number of nitrogens with one attached hydrogen (secondary N) is 1. The third-order valence-corrected chi connectivity index (χ3v) is 5.87. The van der Waals surface area contributed by atoms with E-state index < -0.39 is 4.92 Å². The summed E-state index contributed by atoms with van der Waals surface area (Å²) in [5.41, 5.74) is -0.0121. The highest BCUT2D eigenvalue weighted by Crippen LogP contribution is 2.27. The van der Waals surface area contributed by atoms with Crippen molar-refractivity contribution in [1.29, 1.82) is 0 Å². The van der Waals surface area contributed by atoms with Crippen molar-refractivity contribution in [2.24, 2.45) is 11.8 Å². The molecule has 2 unspecified atom stereocenters. The molecule has 0 spiro atoms. The molecule has 1 aromatic rings. The van der Waals surface area contributed by atoms with Crippen molar-refractivity contribution in [3.8, 4) is 0 Å². The van der Waals surface area contributed by atoms with Crippen LogP contribution in [-0.4, -0.2) is 46.7 Å². The largest absolute Gasteiger partial charge is 0.354 e. The molecule has 1 saturated heterocycles. The van der Waals surface area contributed by atoms with Gasteiger partial charge in [0.25, 0.3) is 5.69 Å². The van der Waals surface area contributed by atoms with Crippen molar-refractivity contribution in [2.45, 2.75) is 44.6 Å². The number of nitro groups is 1. The summed E-state index contributed by atoms with van der Waals surface area (Å²) in [5, 5.41) is 13.7. The smallest absolute Gasteiger partial charge is 0.269 e. The Labute approximate surface area is 159 Å². The Balaban J connectivity index is 1.79. The van der Waals surface area contributed by atoms with Gasteiger partial charge in [0, 0.05) is 42.2 Å². The van der Waals surface area contributed by atoms with E-state index in [2.05, 4.69) is 37.9 Å². The number of piperidine rings is 1.